The molecule has 184 valence electrons. The van der Waals surface area contributed by atoms with E-state index < -0.39 is 6.10 Å². The number of hydrogen-bond acceptors (Lipinski definition) is 5. The highest BCUT2D eigenvalue weighted by atomic mass is 16.5. The third-order valence-electron chi connectivity index (χ3n) is 7.17. The number of allylic oxidation sites excluding steroid dienone is 2. The van der Waals surface area contributed by atoms with Gasteiger partial charge >= 0.3 is 0 Å². The molecule has 5 rings (SSSR count). The predicted molar refractivity (Wildman–Crippen MR) is 142 cm³/mol. The summed E-state index contributed by atoms with van der Waals surface area (Å²) in [5.74, 6) is 1.32. The first-order valence-corrected chi connectivity index (χ1v) is 12.2. The first-order valence-electron chi connectivity index (χ1n) is 12.2. The lowest BCUT2D eigenvalue weighted by atomic mass is 9.76. The summed E-state index contributed by atoms with van der Waals surface area (Å²) in [6, 6.07) is 24.3. The largest absolute Gasteiger partial charge is 0.497 e. The van der Waals surface area contributed by atoms with Gasteiger partial charge in [0.25, 0.3) is 5.91 Å². The maximum absolute atomic E-state index is 12.7. The van der Waals surface area contributed by atoms with Crippen LogP contribution in [0.3, 0.4) is 0 Å². The summed E-state index contributed by atoms with van der Waals surface area (Å²) in [5.41, 5.74) is 8.84. The third kappa shape index (κ3) is 4.64. The molecule has 1 aliphatic carbocycles. The summed E-state index contributed by atoms with van der Waals surface area (Å²) < 4.78 is 10.7. The number of rotatable bonds is 7. The fourth-order valence-electron chi connectivity index (χ4n) is 5.25. The summed E-state index contributed by atoms with van der Waals surface area (Å²) in [7, 11) is 3.21. The second-order valence-corrected chi connectivity index (χ2v) is 9.25. The number of hydrazone groups is 1. The molecule has 0 spiro atoms. The Bertz CT molecular complexity index is 1280. The number of ether oxygens (including phenoxy) is 2. The van der Waals surface area contributed by atoms with Crippen molar-refractivity contribution in [2.24, 2.45) is 11.0 Å². The molecule has 3 aromatic carbocycles. The van der Waals surface area contributed by atoms with Crippen LogP contribution in [0.4, 0.5) is 5.69 Å². The Morgan fingerprint density at radius 1 is 1.06 bits per heavy atom. The minimum atomic E-state index is -0.713. The standard InChI is InChI=1S/C30H31N3O3/c1-19(32-33-30(34)29(36-3)21-8-5-4-6-9-21)22-14-17-27-26(18-22)24-10-7-11-25(24)28(31-27)20-12-15-23(35-2)16-13-20/h4-10,12-18,24-25,28-29,31H,11H2,1-3H3,(H,33,34)/b32-19-/t24-,25+,28+,29-/m1/s1. The number of nitrogens with zero attached hydrogens (tertiary/aromatic N) is 1. The maximum atomic E-state index is 12.7. The van der Waals surface area contributed by atoms with Crippen molar-refractivity contribution in [3.05, 3.63) is 107 Å². The molecule has 0 saturated carbocycles. The van der Waals surface area contributed by atoms with Crippen molar-refractivity contribution in [1.29, 1.82) is 0 Å². The molecule has 36 heavy (non-hydrogen) atoms. The van der Waals surface area contributed by atoms with Gasteiger partial charge in [-0.3, -0.25) is 4.79 Å². The highest BCUT2D eigenvalue weighted by Gasteiger charge is 2.38. The number of carbonyl (C=O) groups excluding carboxylic acids is 1. The van der Waals surface area contributed by atoms with Crippen molar-refractivity contribution in [2.75, 3.05) is 19.5 Å². The van der Waals surface area contributed by atoms with Gasteiger partial charge in [-0.25, -0.2) is 5.43 Å². The minimum Gasteiger partial charge on any atom is -0.497 e. The Morgan fingerprint density at radius 2 is 1.83 bits per heavy atom. The number of benzene rings is 3. The lowest BCUT2D eigenvalue weighted by Crippen LogP contribution is -2.29. The van der Waals surface area contributed by atoms with Crippen LogP contribution in [0.1, 0.15) is 53.7 Å². The fraction of sp³-hybridized carbons (Fsp3) is 0.267. The summed E-state index contributed by atoms with van der Waals surface area (Å²) in [5, 5.41) is 8.16. The van der Waals surface area contributed by atoms with Crippen LogP contribution in [0.15, 0.2) is 90.0 Å². The smallest absolute Gasteiger partial charge is 0.273 e. The highest BCUT2D eigenvalue weighted by molar-refractivity contribution is 6.00. The van der Waals surface area contributed by atoms with Crippen molar-refractivity contribution in [3.8, 4) is 5.75 Å². The van der Waals surface area contributed by atoms with Crippen LogP contribution in [0.2, 0.25) is 0 Å². The zero-order valence-electron chi connectivity index (χ0n) is 20.8. The molecule has 4 atom stereocenters. The Kier molecular flexibility index (Phi) is 6.87. The predicted octanol–water partition coefficient (Wildman–Crippen LogP) is 5.75. The molecule has 6 heteroatoms. The van der Waals surface area contributed by atoms with Crippen LogP contribution in [0.5, 0.6) is 5.75 Å². The number of carbonyl (C=O) groups is 1. The summed E-state index contributed by atoms with van der Waals surface area (Å²) in [6.07, 6.45) is 4.92. The van der Waals surface area contributed by atoms with E-state index in [1.165, 1.54) is 18.2 Å². The molecule has 2 aliphatic rings. The van der Waals surface area contributed by atoms with Crippen molar-refractivity contribution in [3.63, 3.8) is 0 Å². The average Bonchev–Trinajstić information content (AvgIpc) is 3.42. The van der Waals surface area contributed by atoms with Crippen LogP contribution in [0.25, 0.3) is 0 Å². The highest BCUT2D eigenvalue weighted by Crippen LogP contribution is 2.50. The Hall–Kier alpha value is -3.90. The molecule has 0 unspecified atom stereocenters. The number of anilines is 1. The van der Waals surface area contributed by atoms with E-state index in [9.17, 15) is 4.79 Å². The van der Waals surface area contributed by atoms with Crippen LogP contribution in [-0.2, 0) is 9.53 Å². The number of amides is 1. The van der Waals surface area contributed by atoms with Crippen molar-refractivity contribution in [1.82, 2.24) is 5.43 Å². The second-order valence-electron chi connectivity index (χ2n) is 9.25. The van der Waals surface area contributed by atoms with E-state index in [2.05, 4.69) is 52.3 Å². The van der Waals surface area contributed by atoms with Gasteiger partial charge in [-0.15, -0.1) is 0 Å². The van der Waals surface area contributed by atoms with E-state index >= 15 is 0 Å². The number of nitrogens with one attached hydrogen (secondary N) is 2. The molecule has 0 radical (unpaired) electrons. The quantitative estimate of drug-likeness (QED) is 0.256. The average molecular weight is 482 g/mol. The number of fused-ring (bicyclic) bond motifs is 3. The SMILES string of the molecule is COc1ccc([C@@H]2Nc3ccc(/C(C)=N\NC(=O)[C@H](OC)c4ccccc4)cc3[C@@H]3C=CC[C@@H]32)cc1. The van der Waals surface area contributed by atoms with Gasteiger partial charge in [0.1, 0.15) is 5.75 Å². The van der Waals surface area contributed by atoms with Crippen LogP contribution in [-0.4, -0.2) is 25.8 Å². The Balaban J connectivity index is 1.35. The van der Waals surface area contributed by atoms with E-state index in [0.29, 0.717) is 11.8 Å². The number of methoxy groups -OCH3 is 2. The molecule has 0 fully saturated rings. The van der Waals surface area contributed by atoms with Gasteiger partial charge in [-0.2, -0.15) is 5.10 Å². The van der Waals surface area contributed by atoms with Gasteiger partial charge in [0.2, 0.25) is 0 Å². The molecule has 1 amide bonds. The maximum Gasteiger partial charge on any atom is 0.273 e. The first kappa shape index (κ1) is 23.8. The molecule has 0 bridgehead atoms. The molecule has 1 heterocycles. The summed E-state index contributed by atoms with van der Waals surface area (Å²) in [6.45, 7) is 1.91. The normalized spacial score (nSPS) is 21.2. The van der Waals surface area contributed by atoms with Gasteiger partial charge < -0.3 is 14.8 Å². The van der Waals surface area contributed by atoms with Crippen LogP contribution in [0, 0.1) is 5.92 Å². The van der Waals surface area contributed by atoms with Gasteiger partial charge in [0.15, 0.2) is 6.10 Å². The van der Waals surface area contributed by atoms with E-state index in [0.717, 1.165) is 34.7 Å². The zero-order chi connectivity index (χ0) is 25.1. The Labute approximate surface area is 212 Å². The van der Waals surface area contributed by atoms with E-state index in [1.807, 2.05) is 55.5 Å². The molecule has 0 saturated heterocycles. The van der Waals surface area contributed by atoms with E-state index in [4.69, 9.17) is 9.47 Å². The zero-order valence-corrected chi connectivity index (χ0v) is 20.8. The number of hydrogen-bond donors (Lipinski definition) is 2. The molecular formula is C30H31N3O3. The van der Waals surface area contributed by atoms with E-state index in [1.54, 1.807) is 7.11 Å². The molecule has 6 nitrogen and oxygen atoms in total. The molecule has 2 N–H and O–H groups in total. The minimum absolute atomic E-state index is 0.229. The molecule has 1 aliphatic heterocycles. The third-order valence-corrected chi connectivity index (χ3v) is 7.17. The van der Waals surface area contributed by atoms with Crippen molar-refractivity contribution in [2.45, 2.75) is 31.4 Å². The topological polar surface area (TPSA) is 72.0 Å². The monoisotopic (exact) mass is 481 g/mol. The summed E-state index contributed by atoms with van der Waals surface area (Å²) >= 11 is 0. The van der Waals surface area contributed by atoms with Crippen molar-refractivity contribution >= 4 is 17.3 Å². The fourth-order valence-corrected chi connectivity index (χ4v) is 5.25. The van der Waals surface area contributed by atoms with Crippen LogP contribution >= 0.6 is 0 Å². The van der Waals surface area contributed by atoms with E-state index in [-0.39, 0.29) is 11.9 Å². The van der Waals surface area contributed by atoms with Gasteiger partial charge in [-0.1, -0.05) is 60.7 Å². The summed E-state index contributed by atoms with van der Waals surface area (Å²) in [4.78, 5) is 12.7. The molecular weight excluding hydrogens is 450 g/mol. The Morgan fingerprint density at radius 3 is 2.56 bits per heavy atom. The first-order chi connectivity index (χ1) is 17.6. The lowest BCUT2D eigenvalue weighted by Gasteiger charge is -2.37. The molecule has 0 aromatic heterocycles. The van der Waals surface area contributed by atoms with Gasteiger partial charge in [-0.05, 0) is 65.8 Å². The van der Waals surface area contributed by atoms with Gasteiger partial charge in [0, 0.05) is 18.7 Å². The van der Waals surface area contributed by atoms with Gasteiger partial charge in [0.05, 0.1) is 18.9 Å². The van der Waals surface area contributed by atoms with Crippen LogP contribution < -0.4 is 15.5 Å². The second kappa shape index (κ2) is 10.4. The van der Waals surface area contributed by atoms with Crippen molar-refractivity contribution < 1.29 is 14.3 Å². The molecule has 3 aromatic rings. The lowest BCUT2D eigenvalue weighted by molar-refractivity contribution is -0.131.